The molecule has 1 aromatic rings. The second-order valence-electron chi connectivity index (χ2n) is 6.62. The molecule has 0 aliphatic heterocycles. The van der Waals surface area contributed by atoms with E-state index in [9.17, 15) is 4.79 Å². The Morgan fingerprint density at radius 1 is 1.19 bits per heavy atom. The van der Waals surface area contributed by atoms with Gasteiger partial charge in [-0.15, -0.1) is 0 Å². The summed E-state index contributed by atoms with van der Waals surface area (Å²) in [4.78, 5) is 12.5. The van der Waals surface area contributed by atoms with Crippen LogP contribution in [0.5, 0.6) is 5.75 Å². The van der Waals surface area contributed by atoms with E-state index in [1.807, 2.05) is 25.1 Å². The highest BCUT2D eigenvalue weighted by atomic mass is 28.3. The van der Waals surface area contributed by atoms with E-state index in [4.69, 9.17) is 9.16 Å². The van der Waals surface area contributed by atoms with Gasteiger partial charge >= 0.3 is 0 Å². The van der Waals surface area contributed by atoms with Gasteiger partial charge in [0.25, 0.3) is 0 Å². The third-order valence-corrected chi connectivity index (χ3v) is 4.10. The summed E-state index contributed by atoms with van der Waals surface area (Å²) in [5, 5.41) is 0. The maximum Gasteiger partial charge on any atom is 0.229 e. The molecule has 0 aromatic heterocycles. The van der Waals surface area contributed by atoms with Crippen LogP contribution in [-0.2, 0) is 9.84 Å². The lowest BCUT2D eigenvalue weighted by Gasteiger charge is -2.23. The zero-order valence-corrected chi connectivity index (χ0v) is 14.9. The van der Waals surface area contributed by atoms with E-state index < -0.39 is 9.04 Å². The van der Waals surface area contributed by atoms with E-state index in [-0.39, 0.29) is 11.2 Å². The molecule has 3 nitrogen and oxygen atoms in total. The fraction of sp³-hybridized carbons (Fsp3) is 0.471. The molecule has 21 heavy (non-hydrogen) atoms. The molecule has 1 aliphatic rings. The minimum atomic E-state index is -1.29. The summed E-state index contributed by atoms with van der Waals surface area (Å²) in [6, 6.07) is 3.94. The van der Waals surface area contributed by atoms with Crippen LogP contribution in [0.4, 0.5) is 0 Å². The van der Waals surface area contributed by atoms with Crippen molar-refractivity contribution in [1.82, 2.24) is 0 Å². The van der Waals surface area contributed by atoms with Crippen molar-refractivity contribution in [2.75, 3.05) is 6.61 Å². The van der Waals surface area contributed by atoms with Crippen LogP contribution >= 0.6 is 0 Å². The number of Topliss-reactive ketones (excluding diaryl/α,β-unsaturated/α-hetero) is 1. The van der Waals surface area contributed by atoms with Crippen molar-refractivity contribution in [3.05, 3.63) is 34.6 Å². The Morgan fingerprint density at radius 3 is 2.38 bits per heavy atom. The number of rotatable bonds is 4. The van der Waals surface area contributed by atoms with E-state index in [0.29, 0.717) is 12.4 Å². The van der Waals surface area contributed by atoms with Crippen LogP contribution in [0.2, 0.25) is 13.1 Å². The van der Waals surface area contributed by atoms with Crippen LogP contribution in [0, 0.1) is 0 Å². The summed E-state index contributed by atoms with van der Waals surface area (Å²) in [7, 11) is -1.29. The predicted molar refractivity (Wildman–Crippen MR) is 88.6 cm³/mol. The first-order chi connectivity index (χ1) is 9.74. The number of fused-ring (bicyclic) bond motifs is 1. The Kier molecular flexibility index (Phi) is 4.28. The maximum atomic E-state index is 12.5. The largest absolute Gasteiger partial charge is 0.544 e. The van der Waals surface area contributed by atoms with Crippen molar-refractivity contribution in [3.63, 3.8) is 0 Å². The number of ketones is 1. The summed E-state index contributed by atoms with van der Waals surface area (Å²) in [5.74, 6) is 1.34. The number of carbonyl (C=O) groups is 1. The van der Waals surface area contributed by atoms with Gasteiger partial charge in [-0.2, -0.15) is 0 Å². The standard InChI is InChI=1S/C17H24O3Si/c1-7-19-14-8-11-9-15(20-21(5)6)16(18)12(11)10-13(14)17(2,3)4/h8-10,21H,7H2,1-6H3. The van der Waals surface area contributed by atoms with Crippen molar-refractivity contribution in [2.24, 2.45) is 0 Å². The number of hydrogen-bond acceptors (Lipinski definition) is 3. The maximum absolute atomic E-state index is 12.5. The smallest absolute Gasteiger partial charge is 0.229 e. The second kappa shape index (κ2) is 5.68. The quantitative estimate of drug-likeness (QED) is 0.791. The fourth-order valence-corrected chi connectivity index (χ4v) is 3.14. The summed E-state index contributed by atoms with van der Waals surface area (Å²) < 4.78 is 11.5. The molecule has 0 saturated carbocycles. The molecule has 114 valence electrons. The van der Waals surface area contributed by atoms with Crippen molar-refractivity contribution in [1.29, 1.82) is 0 Å². The Bertz CT molecular complexity index is 595. The molecule has 0 unspecified atom stereocenters. The average molecular weight is 304 g/mol. The Hall–Kier alpha value is -1.55. The van der Waals surface area contributed by atoms with Crippen molar-refractivity contribution < 1.29 is 14.0 Å². The van der Waals surface area contributed by atoms with Gasteiger partial charge in [-0.3, -0.25) is 4.79 Å². The summed E-state index contributed by atoms with van der Waals surface area (Å²) in [6.07, 6.45) is 1.85. The summed E-state index contributed by atoms with van der Waals surface area (Å²) >= 11 is 0. The molecule has 0 bridgehead atoms. The summed E-state index contributed by atoms with van der Waals surface area (Å²) in [5.41, 5.74) is 2.62. The van der Waals surface area contributed by atoms with Crippen LogP contribution in [-0.4, -0.2) is 21.4 Å². The molecular formula is C17H24O3Si. The normalized spacial score (nSPS) is 14.2. The van der Waals surface area contributed by atoms with Crippen LogP contribution in [0.1, 0.15) is 49.2 Å². The Morgan fingerprint density at radius 2 is 1.86 bits per heavy atom. The van der Waals surface area contributed by atoms with Crippen molar-refractivity contribution in [2.45, 2.75) is 46.2 Å². The van der Waals surface area contributed by atoms with E-state index in [0.717, 1.165) is 22.4 Å². The van der Waals surface area contributed by atoms with Crippen molar-refractivity contribution >= 4 is 20.9 Å². The molecule has 0 atom stereocenters. The monoisotopic (exact) mass is 304 g/mol. The Balaban J connectivity index is 2.49. The highest BCUT2D eigenvalue weighted by Crippen LogP contribution is 2.37. The van der Waals surface area contributed by atoms with E-state index in [1.165, 1.54) is 0 Å². The highest BCUT2D eigenvalue weighted by molar-refractivity contribution is 6.49. The fourth-order valence-electron chi connectivity index (χ4n) is 2.45. The molecule has 0 radical (unpaired) electrons. The van der Waals surface area contributed by atoms with Gasteiger partial charge in [0.05, 0.1) is 6.61 Å². The molecule has 4 heteroatoms. The van der Waals surface area contributed by atoms with Crippen LogP contribution < -0.4 is 4.74 Å². The third kappa shape index (κ3) is 3.21. The minimum Gasteiger partial charge on any atom is -0.544 e. The number of carbonyl (C=O) groups excluding carboxylic acids is 1. The minimum absolute atomic E-state index is 0.000233. The lowest BCUT2D eigenvalue weighted by atomic mass is 9.84. The number of ether oxygens (including phenoxy) is 1. The molecule has 2 rings (SSSR count). The average Bonchev–Trinajstić information content (AvgIpc) is 2.63. The van der Waals surface area contributed by atoms with E-state index >= 15 is 0 Å². The van der Waals surface area contributed by atoms with Gasteiger partial charge in [-0.25, -0.2) is 0 Å². The van der Waals surface area contributed by atoms with Gasteiger partial charge in [0.2, 0.25) is 14.8 Å². The van der Waals surface area contributed by atoms with Crippen molar-refractivity contribution in [3.8, 4) is 5.75 Å². The topological polar surface area (TPSA) is 35.5 Å². The van der Waals surface area contributed by atoms with Crippen LogP contribution in [0.25, 0.3) is 6.08 Å². The molecule has 0 saturated heterocycles. The first-order valence-corrected chi connectivity index (χ1v) is 10.3. The van der Waals surface area contributed by atoms with Gasteiger partial charge in [0.15, 0.2) is 5.76 Å². The molecule has 0 N–H and O–H groups in total. The predicted octanol–water partition coefficient (Wildman–Crippen LogP) is 3.92. The van der Waals surface area contributed by atoms with Crippen LogP contribution in [0.15, 0.2) is 17.9 Å². The second-order valence-corrected chi connectivity index (χ2v) is 8.96. The molecular weight excluding hydrogens is 280 g/mol. The number of allylic oxidation sites excluding steroid dienone is 1. The van der Waals surface area contributed by atoms with Gasteiger partial charge in [-0.1, -0.05) is 20.8 Å². The molecule has 0 heterocycles. The third-order valence-electron chi connectivity index (χ3n) is 3.38. The molecule has 1 aliphatic carbocycles. The molecule has 1 aromatic carbocycles. The van der Waals surface area contributed by atoms with E-state index in [1.54, 1.807) is 0 Å². The first-order valence-electron chi connectivity index (χ1n) is 7.48. The Labute approximate surface area is 128 Å². The number of hydrogen-bond donors (Lipinski definition) is 0. The van der Waals surface area contributed by atoms with Gasteiger partial charge in [-0.05, 0) is 49.2 Å². The lowest BCUT2D eigenvalue weighted by Crippen LogP contribution is -2.16. The SMILES string of the molecule is CCOc1cc2c(cc1C(C)(C)C)C(=O)C(O[SiH](C)C)=C2. The van der Waals surface area contributed by atoms with Gasteiger partial charge in [0, 0.05) is 11.1 Å². The van der Waals surface area contributed by atoms with Gasteiger partial charge < -0.3 is 9.16 Å². The zero-order valence-electron chi connectivity index (χ0n) is 13.7. The van der Waals surface area contributed by atoms with Crippen LogP contribution in [0.3, 0.4) is 0 Å². The zero-order chi connectivity index (χ0) is 15.8. The molecule has 0 spiro atoms. The summed E-state index contributed by atoms with van der Waals surface area (Å²) in [6.45, 7) is 13.1. The molecule has 0 fully saturated rings. The van der Waals surface area contributed by atoms with Gasteiger partial charge in [0.1, 0.15) is 5.75 Å². The van der Waals surface area contributed by atoms with E-state index in [2.05, 4.69) is 33.9 Å². The number of benzene rings is 1. The molecule has 0 amide bonds. The first kappa shape index (κ1) is 15.8. The highest BCUT2D eigenvalue weighted by Gasteiger charge is 2.29. The lowest BCUT2D eigenvalue weighted by molar-refractivity contribution is 0.0992.